The van der Waals surface area contributed by atoms with Crippen LogP contribution in [0.25, 0.3) is 0 Å². The number of amides is 1. The van der Waals surface area contributed by atoms with Gasteiger partial charge >= 0.3 is 5.97 Å². The lowest BCUT2D eigenvalue weighted by molar-refractivity contribution is -0.125. The molecule has 0 spiro atoms. The van der Waals surface area contributed by atoms with Gasteiger partial charge < -0.3 is 15.4 Å². The Morgan fingerprint density at radius 1 is 1.47 bits per heavy atom. The summed E-state index contributed by atoms with van der Waals surface area (Å²) < 4.78 is 4.81. The predicted molar refractivity (Wildman–Crippen MR) is 71.8 cm³/mol. The van der Waals surface area contributed by atoms with Crippen molar-refractivity contribution in [3.8, 4) is 0 Å². The summed E-state index contributed by atoms with van der Waals surface area (Å²) in [6.45, 7) is 1.96. The van der Waals surface area contributed by atoms with Crippen molar-refractivity contribution in [3.05, 3.63) is 11.8 Å². The van der Waals surface area contributed by atoms with E-state index in [9.17, 15) is 9.59 Å². The number of hydrogen-bond acceptors (Lipinski definition) is 7. The molecule has 0 aromatic carbocycles. The summed E-state index contributed by atoms with van der Waals surface area (Å²) in [5.74, 6) is -0.346. The highest BCUT2D eigenvalue weighted by molar-refractivity contribution is 7.99. The molecule has 2 N–H and O–H groups in total. The minimum absolute atomic E-state index is 0.0493. The Hall–Kier alpha value is -1.83. The molecule has 1 heterocycles. The molecule has 8 heteroatoms. The van der Waals surface area contributed by atoms with Crippen LogP contribution in [0, 0.1) is 0 Å². The Labute approximate surface area is 115 Å². The van der Waals surface area contributed by atoms with E-state index in [0.717, 1.165) is 11.8 Å². The second kappa shape index (κ2) is 6.93. The molecule has 7 nitrogen and oxygen atoms in total. The lowest BCUT2D eigenvalue weighted by Crippen LogP contribution is -2.23. The molecule has 1 aromatic rings. The van der Waals surface area contributed by atoms with Crippen molar-refractivity contribution < 1.29 is 14.3 Å². The fraction of sp³-hybridized carbons (Fsp3) is 0.455. The smallest absolute Gasteiger partial charge is 0.343 e. The van der Waals surface area contributed by atoms with Crippen LogP contribution in [0.5, 0.6) is 0 Å². The van der Waals surface area contributed by atoms with Crippen molar-refractivity contribution in [2.24, 2.45) is 0 Å². The lowest BCUT2D eigenvalue weighted by atomic mass is 10.3. The van der Waals surface area contributed by atoms with E-state index in [0.29, 0.717) is 5.16 Å². The minimum Gasteiger partial charge on any atom is -0.462 e. The first-order valence-corrected chi connectivity index (χ1v) is 6.56. The van der Waals surface area contributed by atoms with Crippen LogP contribution in [-0.4, -0.2) is 53.2 Å². The fourth-order valence-electron chi connectivity index (χ4n) is 1.07. The Kier molecular flexibility index (Phi) is 5.56. The van der Waals surface area contributed by atoms with Gasteiger partial charge in [-0.15, -0.1) is 0 Å². The lowest BCUT2D eigenvalue weighted by Gasteiger charge is -2.09. The van der Waals surface area contributed by atoms with Crippen LogP contribution in [0.15, 0.2) is 11.4 Å². The van der Waals surface area contributed by atoms with E-state index in [-0.39, 0.29) is 29.6 Å². The van der Waals surface area contributed by atoms with E-state index in [1.165, 1.54) is 11.1 Å². The number of anilines is 1. The van der Waals surface area contributed by atoms with Gasteiger partial charge in [0.2, 0.25) is 5.91 Å². The number of nitrogens with zero attached hydrogens (tertiary/aromatic N) is 3. The maximum Gasteiger partial charge on any atom is 0.343 e. The highest BCUT2D eigenvalue weighted by Crippen LogP contribution is 2.17. The molecule has 0 bridgehead atoms. The van der Waals surface area contributed by atoms with Crippen molar-refractivity contribution in [3.63, 3.8) is 0 Å². The summed E-state index contributed by atoms with van der Waals surface area (Å²) in [4.78, 5) is 32.3. The monoisotopic (exact) mass is 284 g/mol. The standard InChI is InChI=1S/C11H16N4O3S/c1-4-18-10(17)7-5-13-11(14-9(7)12)19-6-8(16)15(2)3/h5H,4,6H2,1-3H3,(H2,12,13,14). The average molecular weight is 284 g/mol. The average Bonchev–Trinajstić information content (AvgIpc) is 2.36. The zero-order chi connectivity index (χ0) is 14.4. The number of carbonyl (C=O) groups excluding carboxylic acids is 2. The highest BCUT2D eigenvalue weighted by Gasteiger charge is 2.14. The molecule has 1 aromatic heterocycles. The van der Waals surface area contributed by atoms with Crippen LogP contribution < -0.4 is 5.73 Å². The van der Waals surface area contributed by atoms with Crippen LogP contribution in [0.2, 0.25) is 0 Å². The van der Waals surface area contributed by atoms with Crippen LogP contribution in [-0.2, 0) is 9.53 Å². The zero-order valence-electron chi connectivity index (χ0n) is 11.0. The number of rotatable bonds is 5. The van der Waals surface area contributed by atoms with Crippen LogP contribution in [0.1, 0.15) is 17.3 Å². The number of esters is 1. The largest absolute Gasteiger partial charge is 0.462 e. The van der Waals surface area contributed by atoms with E-state index in [1.54, 1.807) is 21.0 Å². The molecule has 0 saturated carbocycles. The number of carbonyl (C=O) groups is 2. The summed E-state index contributed by atoms with van der Waals surface area (Å²) in [5.41, 5.74) is 5.79. The molecular formula is C11H16N4O3S. The van der Waals surface area contributed by atoms with Gasteiger partial charge in [-0.2, -0.15) is 0 Å². The number of thioether (sulfide) groups is 1. The van der Waals surface area contributed by atoms with Crippen molar-refractivity contribution in [2.75, 3.05) is 32.2 Å². The van der Waals surface area contributed by atoms with Gasteiger partial charge in [-0.25, -0.2) is 14.8 Å². The molecule has 1 amide bonds. The summed E-state index contributed by atoms with van der Waals surface area (Å²) >= 11 is 1.16. The molecule has 104 valence electrons. The normalized spacial score (nSPS) is 10.1. The second-order valence-corrected chi connectivity index (χ2v) is 4.69. The van der Waals surface area contributed by atoms with E-state index in [4.69, 9.17) is 10.5 Å². The van der Waals surface area contributed by atoms with Crippen molar-refractivity contribution in [1.82, 2.24) is 14.9 Å². The maximum absolute atomic E-state index is 11.5. The molecule has 1 rings (SSSR count). The molecule has 0 atom stereocenters. The molecule has 0 aliphatic heterocycles. The van der Waals surface area contributed by atoms with Gasteiger partial charge in [0.1, 0.15) is 11.4 Å². The topological polar surface area (TPSA) is 98.4 Å². The summed E-state index contributed by atoms with van der Waals surface area (Å²) in [7, 11) is 3.34. The summed E-state index contributed by atoms with van der Waals surface area (Å²) in [6, 6.07) is 0. The summed E-state index contributed by atoms with van der Waals surface area (Å²) in [6.07, 6.45) is 1.31. The Balaban J connectivity index is 2.72. The van der Waals surface area contributed by atoms with Gasteiger partial charge in [0.25, 0.3) is 0 Å². The molecule has 0 aliphatic rings. The van der Waals surface area contributed by atoms with Gasteiger partial charge in [-0.1, -0.05) is 11.8 Å². The summed E-state index contributed by atoms with van der Waals surface area (Å²) in [5, 5.41) is 0.348. The first-order valence-electron chi connectivity index (χ1n) is 5.58. The van der Waals surface area contributed by atoms with Crippen molar-refractivity contribution >= 4 is 29.5 Å². The molecule has 0 aliphatic carbocycles. The number of aromatic nitrogens is 2. The second-order valence-electron chi connectivity index (χ2n) is 3.75. The van der Waals surface area contributed by atoms with Crippen LogP contribution in [0.4, 0.5) is 5.82 Å². The molecule has 0 fully saturated rings. The Morgan fingerprint density at radius 3 is 2.68 bits per heavy atom. The Bertz CT molecular complexity index is 479. The van der Waals surface area contributed by atoms with Crippen molar-refractivity contribution in [2.45, 2.75) is 12.1 Å². The fourth-order valence-corrected chi connectivity index (χ4v) is 1.87. The number of hydrogen-bond donors (Lipinski definition) is 1. The highest BCUT2D eigenvalue weighted by atomic mass is 32.2. The molecule has 19 heavy (non-hydrogen) atoms. The first-order chi connectivity index (χ1) is 8.95. The first kappa shape index (κ1) is 15.2. The number of ether oxygens (including phenoxy) is 1. The third kappa shape index (κ3) is 4.40. The zero-order valence-corrected chi connectivity index (χ0v) is 11.9. The molecular weight excluding hydrogens is 268 g/mol. The van der Waals surface area contributed by atoms with E-state index in [1.807, 2.05) is 0 Å². The molecule has 0 saturated heterocycles. The predicted octanol–water partition coefficient (Wildman–Crippen LogP) is 0.416. The van der Waals surface area contributed by atoms with Crippen LogP contribution in [0.3, 0.4) is 0 Å². The van der Waals surface area contributed by atoms with Gasteiger partial charge in [0, 0.05) is 20.3 Å². The van der Waals surface area contributed by atoms with Gasteiger partial charge in [0.15, 0.2) is 5.16 Å². The third-order valence-electron chi connectivity index (χ3n) is 2.12. The van der Waals surface area contributed by atoms with Gasteiger partial charge in [-0.3, -0.25) is 4.79 Å². The number of nitrogens with two attached hydrogens (primary N) is 1. The molecule has 0 unspecified atom stereocenters. The molecule has 0 radical (unpaired) electrons. The Morgan fingerprint density at radius 2 is 2.16 bits per heavy atom. The third-order valence-corrected chi connectivity index (χ3v) is 2.96. The van der Waals surface area contributed by atoms with Crippen LogP contribution >= 0.6 is 11.8 Å². The maximum atomic E-state index is 11.5. The van der Waals surface area contributed by atoms with E-state index in [2.05, 4.69) is 9.97 Å². The quantitative estimate of drug-likeness (QED) is 0.475. The van der Waals surface area contributed by atoms with Gasteiger partial charge in [-0.05, 0) is 6.92 Å². The van der Waals surface area contributed by atoms with E-state index < -0.39 is 5.97 Å². The van der Waals surface area contributed by atoms with E-state index >= 15 is 0 Å². The van der Waals surface area contributed by atoms with Crippen molar-refractivity contribution in [1.29, 1.82) is 0 Å². The SMILES string of the molecule is CCOC(=O)c1cnc(SCC(=O)N(C)C)nc1N. The number of nitrogen functional groups attached to an aromatic ring is 1. The van der Waals surface area contributed by atoms with Gasteiger partial charge in [0.05, 0.1) is 12.4 Å². The minimum atomic E-state index is -0.555.